The number of aliphatic carboxylic acids is 1. The smallest absolute Gasteiger partial charge is 0.360 e. The molecule has 1 rings (SSSR count). The van der Waals surface area contributed by atoms with Crippen LogP contribution < -0.4 is 0 Å². The summed E-state index contributed by atoms with van der Waals surface area (Å²) in [6.07, 6.45) is -0.0694. The predicted octanol–water partition coefficient (Wildman–Crippen LogP) is 0.277. The zero-order chi connectivity index (χ0) is 8.69. The van der Waals surface area contributed by atoms with Crippen molar-refractivity contribution in [3.63, 3.8) is 0 Å². The Morgan fingerprint density at radius 3 is 2.18 bits per heavy atom. The third kappa shape index (κ3) is 7.73. The molecular formula is C5H8O4S2. The van der Waals surface area contributed by atoms with Gasteiger partial charge in [-0.05, 0) is 5.41 Å². The van der Waals surface area contributed by atoms with Crippen molar-refractivity contribution in [2.75, 3.05) is 5.75 Å². The van der Waals surface area contributed by atoms with Gasteiger partial charge in [0.1, 0.15) is 0 Å². The average molecular weight is 196 g/mol. The molecule has 0 unspecified atom stereocenters. The molecule has 0 aromatic carbocycles. The molecule has 0 atom stereocenters. The quantitative estimate of drug-likeness (QED) is 0.413. The van der Waals surface area contributed by atoms with Gasteiger partial charge in [0.2, 0.25) is 0 Å². The highest BCUT2D eigenvalue weighted by molar-refractivity contribution is 8.78. The molecule has 0 aromatic heterocycles. The van der Waals surface area contributed by atoms with Crippen molar-refractivity contribution < 1.29 is 20.1 Å². The second-order valence-corrected chi connectivity index (χ2v) is 3.78. The lowest BCUT2D eigenvalue weighted by atomic mass is 10.7. The van der Waals surface area contributed by atoms with Crippen LogP contribution in [0.2, 0.25) is 0 Å². The van der Waals surface area contributed by atoms with E-state index >= 15 is 0 Å². The second-order valence-electron chi connectivity index (χ2n) is 1.46. The molecule has 11 heavy (non-hydrogen) atoms. The molecule has 1 aliphatic heterocycles. The Morgan fingerprint density at radius 2 is 2.09 bits per heavy atom. The van der Waals surface area contributed by atoms with Gasteiger partial charge in [0.25, 0.3) is 6.29 Å². The molecule has 6 heteroatoms. The lowest BCUT2D eigenvalue weighted by Gasteiger charge is -1.88. The standard InChI is InChI=1S/C3H4S2.C2H4O4/c1-2-4-5-3-1;3-1(4)2(5)6/h1-2H,3H2;1,3-4H,(H,5,6). The molecule has 0 bridgehead atoms. The summed E-state index contributed by atoms with van der Waals surface area (Å²) < 4.78 is 0. The first kappa shape index (κ1) is 10.8. The number of carboxylic acid groups (broad SMARTS) is 1. The number of hydrogen-bond donors (Lipinski definition) is 3. The van der Waals surface area contributed by atoms with Gasteiger partial charge in [0, 0.05) is 5.75 Å². The van der Waals surface area contributed by atoms with Crippen LogP contribution in [0.25, 0.3) is 0 Å². The molecule has 0 amide bonds. The van der Waals surface area contributed by atoms with Gasteiger partial charge in [-0.2, -0.15) is 0 Å². The highest BCUT2D eigenvalue weighted by Crippen LogP contribution is 2.27. The first-order valence-corrected chi connectivity index (χ1v) is 5.05. The van der Waals surface area contributed by atoms with Crippen molar-refractivity contribution in [3.8, 4) is 0 Å². The van der Waals surface area contributed by atoms with Crippen LogP contribution in [0.3, 0.4) is 0 Å². The van der Waals surface area contributed by atoms with Gasteiger partial charge in [-0.15, -0.1) is 0 Å². The van der Waals surface area contributed by atoms with E-state index in [1.807, 2.05) is 21.6 Å². The van der Waals surface area contributed by atoms with Gasteiger partial charge in [-0.1, -0.05) is 27.7 Å². The van der Waals surface area contributed by atoms with Gasteiger partial charge >= 0.3 is 5.97 Å². The summed E-state index contributed by atoms with van der Waals surface area (Å²) in [4.78, 5) is 9.20. The van der Waals surface area contributed by atoms with Crippen molar-refractivity contribution in [1.29, 1.82) is 0 Å². The largest absolute Gasteiger partial charge is 0.477 e. The lowest BCUT2D eigenvalue weighted by molar-refractivity contribution is -0.165. The van der Waals surface area contributed by atoms with Crippen LogP contribution in [0, 0.1) is 0 Å². The topological polar surface area (TPSA) is 77.8 Å². The highest BCUT2D eigenvalue weighted by atomic mass is 33.1. The Labute approximate surface area is 71.7 Å². The number of carbonyl (C=O) groups is 1. The summed E-state index contributed by atoms with van der Waals surface area (Å²) >= 11 is 0. The first-order chi connectivity index (χ1) is 5.14. The SMILES string of the molecule is C1=CSSC1.O=C(O)C(O)O. The van der Waals surface area contributed by atoms with Gasteiger partial charge < -0.3 is 15.3 Å². The summed E-state index contributed by atoms with van der Waals surface area (Å²) in [6.45, 7) is 0. The van der Waals surface area contributed by atoms with Crippen LogP contribution in [0.5, 0.6) is 0 Å². The molecule has 4 nitrogen and oxygen atoms in total. The molecule has 0 fully saturated rings. The van der Waals surface area contributed by atoms with E-state index in [4.69, 9.17) is 15.3 Å². The van der Waals surface area contributed by atoms with Gasteiger partial charge in [-0.25, -0.2) is 4.79 Å². The molecule has 0 saturated carbocycles. The van der Waals surface area contributed by atoms with Crippen molar-refractivity contribution in [3.05, 3.63) is 11.5 Å². The highest BCUT2D eigenvalue weighted by Gasteiger charge is 2.04. The van der Waals surface area contributed by atoms with E-state index in [9.17, 15) is 4.79 Å². The number of aliphatic hydroxyl groups is 2. The molecule has 1 heterocycles. The third-order valence-corrected chi connectivity index (χ3v) is 2.52. The maximum Gasteiger partial charge on any atom is 0.360 e. The first-order valence-electron chi connectivity index (χ1n) is 2.67. The van der Waals surface area contributed by atoms with E-state index in [1.165, 1.54) is 5.75 Å². The Balaban J connectivity index is 0.000000183. The van der Waals surface area contributed by atoms with E-state index < -0.39 is 12.3 Å². The van der Waals surface area contributed by atoms with E-state index in [0.717, 1.165) is 0 Å². The maximum atomic E-state index is 9.20. The Hall–Kier alpha value is -0.170. The monoisotopic (exact) mass is 196 g/mol. The van der Waals surface area contributed by atoms with Crippen LogP contribution in [0.4, 0.5) is 0 Å². The van der Waals surface area contributed by atoms with Crippen molar-refractivity contribution in [1.82, 2.24) is 0 Å². The fourth-order valence-electron chi connectivity index (χ4n) is 0.196. The van der Waals surface area contributed by atoms with E-state index in [-0.39, 0.29) is 0 Å². The Morgan fingerprint density at radius 1 is 1.55 bits per heavy atom. The van der Waals surface area contributed by atoms with Crippen LogP contribution in [0.1, 0.15) is 0 Å². The molecule has 0 aliphatic carbocycles. The molecule has 64 valence electrons. The minimum absolute atomic E-state index is 1.20. The summed E-state index contributed by atoms with van der Waals surface area (Å²) in [6, 6.07) is 0. The molecule has 3 N–H and O–H groups in total. The number of hydrogen-bond acceptors (Lipinski definition) is 5. The lowest BCUT2D eigenvalue weighted by Crippen LogP contribution is -2.17. The summed E-state index contributed by atoms with van der Waals surface area (Å²) in [7, 11) is 3.69. The minimum Gasteiger partial charge on any atom is -0.477 e. The van der Waals surface area contributed by atoms with Crippen molar-refractivity contribution in [2.24, 2.45) is 0 Å². The van der Waals surface area contributed by atoms with Crippen LogP contribution >= 0.6 is 21.6 Å². The zero-order valence-electron chi connectivity index (χ0n) is 5.51. The summed E-state index contributed by atoms with van der Waals surface area (Å²) in [5, 5.41) is 24.8. The zero-order valence-corrected chi connectivity index (χ0v) is 7.14. The minimum atomic E-state index is -2.23. The van der Waals surface area contributed by atoms with Crippen LogP contribution in [-0.4, -0.2) is 33.3 Å². The van der Waals surface area contributed by atoms with Crippen LogP contribution in [-0.2, 0) is 4.79 Å². The maximum absolute atomic E-state index is 9.20. The molecule has 0 aromatic rings. The molecule has 0 saturated heterocycles. The third-order valence-electron chi connectivity index (χ3n) is 0.605. The fourth-order valence-corrected chi connectivity index (χ4v) is 1.77. The van der Waals surface area contributed by atoms with Gasteiger partial charge in [0.15, 0.2) is 0 Å². The van der Waals surface area contributed by atoms with Crippen molar-refractivity contribution >= 4 is 27.6 Å². The number of aliphatic hydroxyl groups excluding tert-OH is 1. The van der Waals surface area contributed by atoms with Gasteiger partial charge in [-0.3, -0.25) is 0 Å². The summed E-state index contributed by atoms with van der Waals surface area (Å²) in [5.74, 6) is -0.431. The number of carboxylic acids is 1. The number of rotatable bonds is 1. The predicted molar refractivity (Wildman–Crippen MR) is 45.1 cm³/mol. The van der Waals surface area contributed by atoms with Crippen LogP contribution in [0.15, 0.2) is 11.5 Å². The van der Waals surface area contributed by atoms with E-state index in [1.54, 1.807) is 0 Å². The molecule has 0 spiro atoms. The Kier molecular flexibility index (Phi) is 6.43. The second kappa shape index (κ2) is 6.53. The van der Waals surface area contributed by atoms with E-state index in [0.29, 0.717) is 0 Å². The van der Waals surface area contributed by atoms with E-state index in [2.05, 4.69) is 11.5 Å². The molecular weight excluding hydrogens is 188 g/mol. The van der Waals surface area contributed by atoms with Gasteiger partial charge in [0.05, 0.1) is 0 Å². The van der Waals surface area contributed by atoms with Crippen molar-refractivity contribution in [2.45, 2.75) is 6.29 Å². The normalized spacial score (nSPS) is 14.5. The fraction of sp³-hybridized carbons (Fsp3) is 0.400. The summed E-state index contributed by atoms with van der Waals surface area (Å²) in [5.41, 5.74) is 0. The molecule has 1 aliphatic rings. The Bertz CT molecular complexity index is 139. The average Bonchev–Trinajstić information content (AvgIpc) is 2.41. The molecule has 0 radical (unpaired) electrons.